The maximum absolute atomic E-state index is 10.7. The van der Waals surface area contributed by atoms with Crippen LogP contribution in [-0.4, -0.2) is 29.8 Å². The van der Waals surface area contributed by atoms with Crippen molar-refractivity contribution in [2.24, 2.45) is 5.92 Å². The lowest BCUT2D eigenvalue weighted by Gasteiger charge is -2.27. The van der Waals surface area contributed by atoms with Gasteiger partial charge >= 0.3 is 0 Å². The fraction of sp³-hybridized carbons (Fsp3) is 0.688. The Balaban J connectivity index is 1.81. The van der Waals surface area contributed by atoms with Gasteiger partial charge in [0.1, 0.15) is 17.8 Å². The molecule has 1 aliphatic rings. The van der Waals surface area contributed by atoms with Gasteiger partial charge in [-0.05, 0) is 25.7 Å². The van der Waals surface area contributed by atoms with Gasteiger partial charge in [-0.15, -0.1) is 0 Å². The highest BCUT2D eigenvalue weighted by Crippen LogP contribution is 2.34. The Morgan fingerprint density at radius 2 is 2.14 bits per heavy atom. The molecule has 2 aromatic heterocycles. The van der Waals surface area contributed by atoms with Crippen LogP contribution in [0.2, 0.25) is 0 Å². The van der Waals surface area contributed by atoms with Crippen molar-refractivity contribution in [3.63, 3.8) is 0 Å². The molecule has 2 heterocycles. The van der Waals surface area contributed by atoms with Crippen LogP contribution in [0.5, 0.6) is 0 Å². The molecule has 22 heavy (non-hydrogen) atoms. The summed E-state index contributed by atoms with van der Waals surface area (Å²) in [4.78, 5) is 8.91. The highest BCUT2D eigenvalue weighted by atomic mass is 16.3. The van der Waals surface area contributed by atoms with Crippen LogP contribution in [0.4, 0.5) is 0 Å². The third-order valence-electron chi connectivity index (χ3n) is 4.73. The van der Waals surface area contributed by atoms with Gasteiger partial charge in [-0.1, -0.05) is 26.2 Å². The number of hydrogen-bond acceptors (Lipinski definition) is 4. The second-order valence-electron chi connectivity index (χ2n) is 6.21. The van der Waals surface area contributed by atoms with E-state index in [-0.39, 0.29) is 6.04 Å². The second-order valence-corrected chi connectivity index (χ2v) is 6.21. The molecule has 1 fully saturated rings. The SMILES string of the molecule is CCc1nc(C(C)n2ccnc2C(O)C2CCCCC2)n[nH]1. The molecule has 0 amide bonds. The zero-order valence-electron chi connectivity index (χ0n) is 13.4. The number of hydrogen-bond donors (Lipinski definition) is 2. The fourth-order valence-electron chi connectivity index (χ4n) is 3.32. The average molecular weight is 303 g/mol. The van der Waals surface area contributed by atoms with Crippen LogP contribution in [0.25, 0.3) is 0 Å². The Morgan fingerprint density at radius 3 is 2.82 bits per heavy atom. The van der Waals surface area contributed by atoms with Gasteiger partial charge in [0.05, 0.1) is 6.04 Å². The van der Waals surface area contributed by atoms with Gasteiger partial charge in [0.15, 0.2) is 5.82 Å². The third kappa shape index (κ3) is 2.92. The van der Waals surface area contributed by atoms with Crippen LogP contribution in [0, 0.1) is 5.92 Å². The number of rotatable bonds is 5. The molecule has 0 bridgehead atoms. The van der Waals surface area contributed by atoms with Crippen LogP contribution >= 0.6 is 0 Å². The van der Waals surface area contributed by atoms with Gasteiger partial charge in [0.25, 0.3) is 0 Å². The second kappa shape index (κ2) is 6.60. The van der Waals surface area contributed by atoms with E-state index in [1.165, 1.54) is 19.3 Å². The summed E-state index contributed by atoms with van der Waals surface area (Å²) in [5.41, 5.74) is 0. The maximum atomic E-state index is 10.7. The number of nitrogens with zero attached hydrogens (tertiary/aromatic N) is 4. The molecule has 1 aliphatic carbocycles. The molecular formula is C16H25N5O. The van der Waals surface area contributed by atoms with E-state index in [0.29, 0.717) is 5.92 Å². The molecule has 0 saturated heterocycles. The first-order chi connectivity index (χ1) is 10.7. The van der Waals surface area contributed by atoms with E-state index < -0.39 is 6.10 Å². The largest absolute Gasteiger partial charge is 0.385 e. The number of aliphatic hydroxyl groups excluding tert-OH is 1. The van der Waals surface area contributed by atoms with E-state index in [4.69, 9.17) is 0 Å². The lowest BCUT2D eigenvalue weighted by Crippen LogP contribution is -2.21. The molecule has 3 rings (SSSR count). The van der Waals surface area contributed by atoms with Crippen LogP contribution in [0.3, 0.4) is 0 Å². The molecule has 1 saturated carbocycles. The lowest BCUT2D eigenvalue weighted by atomic mass is 9.85. The normalized spacial score (nSPS) is 19.2. The minimum atomic E-state index is -0.498. The Labute approximate surface area is 131 Å². The summed E-state index contributed by atoms with van der Waals surface area (Å²) in [5, 5.41) is 18.0. The van der Waals surface area contributed by atoms with E-state index >= 15 is 0 Å². The Bertz CT molecular complexity index is 599. The number of nitrogens with one attached hydrogen (secondary N) is 1. The number of imidazole rings is 1. The standard InChI is InChI=1S/C16H25N5O/c1-3-13-18-15(20-19-13)11(2)21-10-9-17-16(21)14(22)12-7-5-4-6-8-12/h9-12,14,22H,3-8H2,1-2H3,(H,18,19,20). The van der Waals surface area contributed by atoms with Gasteiger partial charge < -0.3 is 9.67 Å². The molecule has 0 aromatic carbocycles. The first-order valence-corrected chi connectivity index (χ1v) is 8.32. The molecule has 0 radical (unpaired) electrons. The summed E-state index contributed by atoms with van der Waals surface area (Å²) in [7, 11) is 0. The van der Waals surface area contributed by atoms with Crippen molar-refractivity contribution in [1.82, 2.24) is 24.7 Å². The Kier molecular flexibility index (Phi) is 4.57. The van der Waals surface area contributed by atoms with Crippen molar-refractivity contribution in [3.05, 3.63) is 29.9 Å². The smallest absolute Gasteiger partial charge is 0.173 e. The predicted octanol–water partition coefficient (Wildman–Crippen LogP) is 2.79. The zero-order chi connectivity index (χ0) is 15.5. The first kappa shape index (κ1) is 15.2. The van der Waals surface area contributed by atoms with Crippen LogP contribution in [-0.2, 0) is 6.42 Å². The number of H-pyrrole nitrogens is 1. The van der Waals surface area contributed by atoms with E-state index in [1.54, 1.807) is 6.20 Å². The highest BCUT2D eigenvalue weighted by Gasteiger charge is 2.28. The number of aliphatic hydroxyl groups is 1. The van der Waals surface area contributed by atoms with Crippen LogP contribution in [0.1, 0.15) is 75.6 Å². The van der Waals surface area contributed by atoms with Gasteiger partial charge in [0, 0.05) is 18.8 Å². The van der Waals surface area contributed by atoms with Crippen molar-refractivity contribution < 1.29 is 5.11 Å². The van der Waals surface area contributed by atoms with E-state index in [2.05, 4.69) is 20.2 Å². The monoisotopic (exact) mass is 303 g/mol. The average Bonchev–Trinajstić information content (AvgIpc) is 3.23. The Hall–Kier alpha value is -1.69. The Morgan fingerprint density at radius 1 is 1.36 bits per heavy atom. The summed E-state index contributed by atoms with van der Waals surface area (Å²) in [6.45, 7) is 4.09. The van der Waals surface area contributed by atoms with E-state index in [9.17, 15) is 5.11 Å². The van der Waals surface area contributed by atoms with Gasteiger partial charge in [-0.25, -0.2) is 9.97 Å². The summed E-state index contributed by atoms with van der Waals surface area (Å²) in [6.07, 6.45) is 9.87. The topological polar surface area (TPSA) is 79.6 Å². The fourth-order valence-corrected chi connectivity index (χ4v) is 3.32. The molecule has 0 spiro atoms. The summed E-state index contributed by atoms with van der Waals surface area (Å²) in [5.74, 6) is 2.69. The van der Waals surface area contributed by atoms with Crippen LogP contribution < -0.4 is 0 Å². The first-order valence-electron chi connectivity index (χ1n) is 8.32. The molecule has 2 aromatic rings. The van der Waals surface area contributed by atoms with Crippen molar-refractivity contribution in [3.8, 4) is 0 Å². The highest BCUT2D eigenvalue weighted by molar-refractivity contribution is 5.06. The van der Waals surface area contributed by atoms with E-state index in [1.807, 2.05) is 24.6 Å². The quantitative estimate of drug-likeness (QED) is 0.890. The van der Waals surface area contributed by atoms with Crippen molar-refractivity contribution in [2.45, 2.75) is 64.5 Å². The predicted molar refractivity (Wildman–Crippen MR) is 83.3 cm³/mol. The number of aromatic nitrogens is 5. The number of aromatic amines is 1. The molecular weight excluding hydrogens is 278 g/mol. The minimum absolute atomic E-state index is 0.0349. The summed E-state index contributed by atoms with van der Waals surface area (Å²) < 4.78 is 2.00. The summed E-state index contributed by atoms with van der Waals surface area (Å²) >= 11 is 0. The third-order valence-corrected chi connectivity index (χ3v) is 4.73. The summed E-state index contributed by atoms with van der Waals surface area (Å²) in [6, 6.07) is -0.0349. The van der Waals surface area contributed by atoms with Gasteiger partial charge in [-0.2, -0.15) is 5.10 Å². The van der Waals surface area contributed by atoms with Crippen molar-refractivity contribution in [1.29, 1.82) is 0 Å². The minimum Gasteiger partial charge on any atom is -0.385 e. The lowest BCUT2D eigenvalue weighted by molar-refractivity contribution is 0.0732. The maximum Gasteiger partial charge on any atom is 0.173 e. The van der Waals surface area contributed by atoms with E-state index in [0.717, 1.165) is 36.7 Å². The molecule has 2 N–H and O–H groups in total. The zero-order valence-corrected chi connectivity index (χ0v) is 13.4. The van der Waals surface area contributed by atoms with Gasteiger partial charge in [0.2, 0.25) is 0 Å². The van der Waals surface area contributed by atoms with Crippen molar-refractivity contribution in [2.75, 3.05) is 0 Å². The van der Waals surface area contributed by atoms with Gasteiger partial charge in [-0.3, -0.25) is 5.10 Å². The molecule has 2 unspecified atom stereocenters. The molecule has 0 aliphatic heterocycles. The van der Waals surface area contributed by atoms with Crippen molar-refractivity contribution >= 4 is 0 Å². The molecule has 120 valence electrons. The molecule has 6 nitrogen and oxygen atoms in total. The molecule has 2 atom stereocenters. The number of aryl methyl sites for hydroxylation is 1. The van der Waals surface area contributed by atoms with Crippen LogP contribution in [0.15, 0.2) is 12.4 Å². The molecule has 6 heteroatoms.